The van der Waals surface area contributed by atoms with Crippen LogP contribution in [0.5, 0.6) is 0 Å². The molecular formula is C18H27FO6S. The molecule has 1 aromatic carbocycles. The van der Waals surface area contributed by atoms with E-state index in [4.69, 9.17) is 14.2 Å². The van der Waals surface area contributed by atoms with Crippen molar-refractivity contribution in [2.75, 3.05) is 40.1 Å². The molecule has 0 N–H and O–H groups in total. The van der Waals surface area contributed by atoms with Gasteiger partial charge in [0.1, 0.15) is 10.7 Å². The van der Waals surface area contributed by atoms with E-state index in [1.54, 1.807) is 7.11 Å². The van der Waals surface area contributed by atoms with Crippen LogP contribution in [0.3, 0.4) is 0 Å². The molecule has 0 saturated carbocycles. The number of hydrogen-bond acceptors (Lipinski definition) is 6. The van der Waals surface area contributed by atoms with Gasteiger partial charge in [-0.25, -0.2) is 12.8 Å². The molecule has 6 nitrogen and oxygen atoms in total. The molecule has 148 valence electrons. The van der Waals surface area contributed by atoms with E-state index >= 15 is 0 Å². The maximum Gasteiger partial charge on any atom is 0.183 e. The van der Waals surface area contributed by atoms with Crippen LogP contribution < -0.4 is 0 Å². The van der Waals surface area contributed by atoms with E-state index in [1.807, 2.05) is 0 Å². The molecular weight excluding hydrogens is 363 g/mol. The number of methoxy groups -OCH3 is 1. The maximum atomic E-state index is 13.9. The van der Waals surface area contributed by atoms with E-state index in [0.717, 1.165) is 12.1 Å². The van der Waals surface area contributed by atoms with E-state index < -0.39 is 25.8 Å². The number of Topliss-reactive ketones (excluding diaryl/α,β-unsaturated/α-hetero) is 1. The van der Waals surface area contributed by atoms with Gasteiger partial charge in [0.2, 0.25) is 0 Å². The molecule has 0 spiro atoms. The molecule has 0 bridgehead atoms. The molecule has 0 heterocycles. The van der Waals surface area contributed by atoms with Crippen LogP contribution in [0, 0.1) is 5.82 Å². The SMILES string of the molecule is COCCOCCOCCCC(=O)c1ccc(F)c(S(=O)(=O)C(C)C)c1. The zero-order chi connectivity index (χ0) is 19.6. The van der Waals surface area contributed by atoms with E-state index in [0.29, 0.717) is 39.5 Å². The van der Waals surface area contributed by atoms with Gasteiger partial charge in [-0.2, -0.15) is 0 Å². The van der Waals surface area contributed by atoms with Crippen LogP contribution in [0.1, 0.15) is 37.0 Å². The third-order valence-corrected chi connectivity index (χ3v) is 5.84. The van der Waals surface area contributed by atoms with Crippen LogP contribution in [-0.4, -0.2) is 59.6 Å². The molecule has 0 saturated heterocycles. The van der Waals surface area contributed by atoms with Crippen LogP contribution in [0.25, 0.3) is 0 Å². The van der Waals surface area contributed by atoms with Crippen molar-refractivity contribution in [3.8, 4) is 0 Å². The number of ketones is 1. The van der Waals surface area contributed by atoms with E-state index in [1.165, 1.54) is 19.9 Å². The Hall–Kier alpha value is -1.35. The second-order valence-corrected chi connectivity index (χ2v) is 8.46. The monoisotopic (exact) mass is 390 g/mol. The molecule has 0 amide bonds. The largest absolute Gasteiger partial charge is 0.382 e. The summed E-state index contributed by atoms with van der Waals surface area (Å²) in [6.07, 6.45) is 0.678. The van der Waals surface area contributed by atoms with Gasteiger partial charge < -0.3 is 14.2 Å². The Morgan fingerprint density at radius 1 is 1.08 bits per heavy atom. The lowest BCUT2D eigenvalue weighted by molar-refractivity contribution is 0.0240. The molecule has 0 aromatic heterocycles. The van der Waals surface area contributed by atoms with E-state index in [9.17, 15) is 17.6 Å². The Morgan fingerprint density at radius 2 is 1.69 bits per heavy atom. The first-order valence-electron chi connectivity index (χ1n) is 8.51. The third-order valence-electron chi connectivity index (χ3n) is 3.68. The van der Waals surface area contributed by atoms with Crippen molar-refractivity contribution in [3.63, 3.8) is 0 Å². The van der Waals surface area contributed by atoms with Gasteiger partial charge in [-0.1, -0.05) is 0 Å². The first-order chi connectivity index (χ1) is 12.3. The molecule has 0 aliphatic carbocycles. The van der Waals surface area contributed by atoms with Crippen molar-refractivity contribution in [3.05, 3.63) is 29.6 Å². The highest BCUT2D eigenvalue weighted by Crippen LogP contribution is 2.22. The Morgan fingerprint density at radius 3 is 2.31 bits per heavy atom. The van der Waals surface area contributed by atoms with Gasteiger partial charge in [0, 0.05) is 25.7 Å². The number of carbonyl (C=O) groups is 1. The third kappa shape index (κ3) is 7.11. The lowest BCUT2D eigenvalue weighted by atomic mass is 10.1. The van der Waals surface area contributed by atoms with Crippen molar-refractivity contribution < 1.29 is 31.8 Å². The lowest BCUT2D eigenvalue weighted by Crippen LogP contribution is -2.16. The zero-order valence-electron chi connectivity index (χ0n) is 15.5. The highest BCUT2D eigenvalue weighted by atomic mass is 32.2. The van der Waals surface area contributed by atoms with E-state index in [-0.39, 0.29) is 17.8 Å². The number of halogens is 1. The predicted octanol–water partition coefficient (Wildman–Crippen LogP) is 2.65. The minimum Gasteiger partial charge on any atom is -0.382 e. The molecule has 8 heteroatoms. The summed E-state index contributed by atoms with van der Waals surface area (Å²) in [4.78, 5) is 11.8. The molecule has 1 rings (SSSR count). The number of hydrogen-bond donors (Lipinski definition) is 0. The van der Waals surface area contributed by atoms with Crippen molar-refractivity contribution in [1.82, 2.24) is 0 Å². The van der Waals surface area contributed by atoms with Gasteiger partial charge in [0.05, 0.1) is 31.7 Å². The zero-order valence-corrected chi connectivity index (χ0v) is 16.3. The summed E-state index contributed by atoms with van der Waals surface area (Å²) < 4.78 is 53.6. The van der Waals surface area contributed by atoms with Crippen LogP contribution >= 0.6 is 0 Å². The minimum atomic E-state index is -3.78. The van der Waals surface area contributed by atoms with Crippen molar-refractivity contribution in [1.29, 1.82) is 0 Å². The Labute approximate surface area is 154 Å². The molecule has 0 fully saturated rings. The van der Waals surface area contributed by atoms with Gasteiger partial charge in [0.15, 0.2) is 15.6 Å². The second kappa shape index (κ2) is 11.4. The van der Waals surface area contributed by atoms with Crippen LogP contribution in [0.4, 0.5) is 4.39 Å². The summed E-state index contributed by atoms with van der Waals surface area (Å²) in [5.41, 5.74) is 0.188. The quantitative estimate of drug-likeness (QED) is 0.381. The number of sulfone groups is 1. The standard InChI is InChI=1S/C18H27FO6S/c1-14(2)26(21,22)18-13-15(6-7-16(18)19)17(20)5-4-8-24-11-12-25-10-9-23-3/h6-7,13-14H,4-5,8-12H2,1-3H3. The molecule has 0 atom stereocenters. The summed E-state index contributed by atoms with van der Waals surface area (Å²) in [6.45, 7) is 5.24. The lowest BCUT2D eigenvalue weighted by Gasteiger charge is -2.10. The van der Waals surface area contributed by atoms with Crippen LogP contribution in [0.15, 0.2) is 23.1 Å². The minimum absolute atomic E-state index is 0.188. The number of benzene rings is 1. The first kappa shape index (κ1) is 22.7. The molecule has 0 aliphatic heterocycles. The second-order valence-electron chi connectivity index (χ2n) is 5.98. The van der Waals surface area contributed by atoms with Gasteiger partial charge in [-0.05, 0) is 38.5 Å². The molecule has 0 unspecified atom stereocenters. The Bertz CT molecular complexity index is 672. The van der Waals surface area contributed by atoms with E-state index in [2.05, 4.69) is 0 Å². The highest BCUT2D eigenvalue weighted by Gasteiger charge is 2.24. The normalized spacial score (nSPS) is 11.9. The topological polar surface area (TPSA) is 78.9 Å². The molecule has 0 aliphatic rings. The van der Waals surface area contributed by atoms with Gasteiger partial charge >= 0.3 is 0 Å². The number of carbonyl (C=O) groups excluding carboxylic acids is 1. The fourth-order valence-corrected chi connectivity index (χ4v) is 3.23. The summed E-state index contributed by atoms with van der Waals surface area (Å²) in [7, 11) is -2.18. The van der Waals surface area contributed by atoms with Crippen molar-refractivity contribution in [2.45, 2.75) is 36.8 Å². The summed E-state index contributed by atoms with van der Waals surface area (Å²) in [5, 5.41) is -0.762. The fraction of sp³-hybridized carbons (Fsp3) is 0.611. The van der Waals surface area contributed by atoms with Crippen molar-refractivity contribution in [2.24, 2.45) is 0 Å². The summed E-state index contributed by atoms with van der Waals surface area (Å²) in [5.74, 6) is -1.09. The predicted molar refractivity (Wildman–Crippen MR) is 95.8 cm³/mol. The number of ether oxygens (including phenoxy) is 3. The smallest absolute Gasteiger partial charge is 0.183 e. The molecule has 1 aromatic rings. The fourth-order valence-electron chi connectivity index (χ4n) is 2.09. The summed E-state index contributed by atoms with van der Waals surface area (Å²) in [6, 6.07) is 3.45. The Kier molecular flexibility index (Phi) is 9.93. The van der Waals surface area contributed by atoms with Crippen molar-refractivity contribution >= 4 is 15.6 Å². The van der Waals surface area contributed by atoms with Gasteiger partial charge in [0.25, 0.3) is 0 Å². The average molecular weight is 390 g/mol. The first-order valence-corrected chi connectivity index (χ1v) is 10.1. The molecule has 26 heavy (non-hydrogen) atoms. The number of rotatable bonds is 13. The Balaban J connectivity index is 2.46. The van der Waals surface area contributed by atoms with Gasteiger partial charge in [-0.3, -0.25) is 4.79 Å². The highest BCUT2D eigenvalue weighted by molar-refractivity contribution is 7.92. The van der Waals surface area contributed by atoms with Gasteiger partial charge in [-0.15, -0.1) is 0 Å². The maximum absolute atomic E-state index is 13.9. The molecule has 0 radical (unpaired) electrons. The summed E-state index contributed by atoms with van der Waals surface area (Å²) >= 11 is 0. The van der Waals surface area contributed by atoms with Crippen LogP contribution in [0.2, 0.25) is 0 Å². The average Bonchev–Trinajstić information content (AvgIpc) is 2.60. The van der Waals surface area contributed by atoms with Crippen LogP contribution in [-0.2, 0) is 24.0 Å².